The predicted molar refractivity (Wildman–Crippen MR) is 135 cm³/mol. The molecule has 7 atom stereocenters. The first-order chi connectivity index (χ1) is 17.2. The Morgan fingerprint density at radius 2 is 1.57 bits per heavy atom. The molecular weight excluding hydrogens is 511 g/mol. The van der Waals surface area contributed by atoms with Gasteiger partial charge in [0.1, 0.15) is 5.60 Å². The Labute approximate surface area is 222 Å². The largest absolute Gasteiger partial charge is 0.456 e. The Hall–Kier alpha value is -0.690. The molecule has 0 aliphatic heterocycles. The van der Waals surface area contributed by atoms with Crippen molar-refractivity contribution in [1.29, 1.82) is 0 Å². The average molecular weight is 553 g/mol. The van der Waals surface area contributed by atoms with Crippen LogP contribution in [0.1, 0.15) is 104 Å². The Morgan fingerprint density at radius 3 is 2.22 bits per heavy atom. The monoisotopic (exact) mass is 552 g/mol. The van der Waals surface area contributed by atoms with E-state index in [1.54, 1.807) is 6.08 Å². The molecule has 3 fully saturated rings. The number of rotatable bonds is 9. The van der Waals surface area contributed by atoms with Gasteiger partial charge >= 0.3 is 12.1 Å². The first-order valence-electron chi connectivity index (χ1n) is 14.2. The van der Waals surface area contributed by atoms with Crippen LogP contribution < -0.4 is 0 Å². The van der Waals surface area contributed by atoms with E-state index in [1.807, 2.05) is 0 Å². The fourth-order valence-electron chi connectivity index (χ4n) is 8.97. The zero-order valence-corrected chi connectivity index (χ0v) is 22.9. The third-order valence-corrected chi connectivity index (χ3v) is 11.4. The topological polar surface area (TPSA) is 37.3 Å². The van der Waals surface area contributed by atoms with Gasteiger partial charge < -0.3 is 5.11 Å². The van der Waals surface area contributed by atoms with E-state index in [4.69, 9.17) is 11.6 Å². The van der Waals surface area contributed by atoms with Crippen LogP contribution in [0.2, 0.25) is 0 Å². The maximum atomic E-state index is 14.9. The second kappa shape index (κ2) is 10.4. The summed E-state index contributed by atoms with van der Waals surface area (Å²) >= 11 is 5.76. The van der Waals surface area contributed by atoms with Gasteiger partial charge in [0.05, 0.1) is 0 Å². The first kappa shape index (κ1) is 29.3. The highest BCUT2D eigenvalue weighted by molar-refractivity contribution is 6.17. The van der Waals surface area contributed by atoms with E-state index in [0.29, 0.717) is 31.6 Å². The highest BCUT2D eigenvalue weighted by Crippen LogP contribution is 2.72. The highest BCUT2D eigenvalue weighted by Gasteiger charge is 2.79. The number of allylic oxidation sites excluding steroid dienone is 1. The smallest absolute Gasteiger partial charge is 0.383 e. The molecule has 1 N–H and O–H groups in total. The molecular formula is C29H42ClF5O2. The number of unbranched alkanes of at least 4 members (excludes halogenated alkanes) is 5. The lowest BCUT2D eigenvalue weighted by atomic mass is 9.43. The van der Waals surface area contributed by atoms with Gasteiger partial charge in [0.15, 0.2) is 5.78 Å². The quantitative estimate of drug-likeness (QED) is 0.176. The fraction of sp³-hybridized carbons (Fsp3) is 0.897. The zero-order valence-electron chi connectivity index (χ0n) is 22.1. The van der Waals surface area contributed by atoms with Crippen LogP contribution in [0, 0.1) is 34.5 Å². The second-order valence-corrected chi connectivity index (χ2v) is 13.2. The average Bonchev–Trinajstić information content (AvgIpc) is 3.10. The molecule has 37 heavy (non-hydrogen) atoms. The number of hydrogen-bond acceptors (Lipinski definition) is 2. The maximum Gasteiger partial charge on any atom is 0.456 e. The van der Waals surface area contributed by atoms with E-state index in [1.165, 1.54) is 6.92 Å². The van der Waals surface area contributed by atoms with E-state index in [2.05, 4.69) is 6.92 Å². The summed E-state index contributed by atoms with van der Waals surface area (Å²) in [7, 11) is 0. The predicted octanol–water partition coefficient (Wildman–Crippen LogP) is 8.64. The minimum Gasteiger partial charge on any atom is -0.383 e. The molecule has 3 saturated carbocycles. The van der Waals surface area contributed by atoms with Gasteiger partial charge in [-0.15, -0.1) is 11.6 Å². The summed E-state index contributed by atoms with van der Waals surface area (Å²) in [6.07, 6.45) is 5.36. The fourth-order valence-corrected chi connectivity index (χ4v) is 9.16. The van der Waals surface area contributed by atoms with Gasteiger partial charge in [0, 0.05) is 17.7 Å². The van der Waals surface area contributed by atoms with Crippen molar-refractivity contribution in [1.82, 2.24) is 0 Å². The number of ketones is 1. The molecule has 0 radical (unpaired) electrons. The summed E-state index contributed by atoms with van der Waals surface area (Å²) < 4.78 is 70.4. The standard InChI is InChI=1S/C29H42ClF5O2/c1-25-13-10-21(36)18-20(25)17-19(9-7-5-3-4-6-8-16-30)24-22(25)11-14-26(2)23(24)12-15-27(26,37)28(31,32)29(33,34)35/h18-19,22-24,37H,3-17H2,1-2H3/t19?,22-,23+,24-,25+,26+,27?/m1/s1. The summed E-state index contributed by atoms with van der Waals surface area (Å²) in [4.78, 5) is 12.3. The van der Waals surface area contributed by atoms with Crippen molar-refractivity contribution in [2.75, 3.05) is 5.88 Å². The van der Waals surface area contributed by atoms with Crippen LogP contribution in [-0.2, 0) is 4.79 Å². The van der Waals surface area contributed by atoms with Crippen molar-refractivity contribution in [2.24, 2.45) is 34.5 Å². The molecule has 8 heteroatoms. The third-order valence-electron chi connectivity index (χ3n) is 11.1. The van der Waals surface area contributed by atoms with Gasteiger partial charge in [0.2, 0.25) is 0 Å². The van der Waals surface area contributed by atoms with Crippen LogP contribution >= 0.6 is 11.6 Å². The van der Waals surface area contributed by atoms with E-state index < -0.39 is 35.5 Å². The lowest BCUT2D eigenvalue weighted by molar-refractivity contribution is -0.364. The maximum absolute atomic E-state index is 14.9. The Morgan fingerprint density at radius 1 is 0.946 bits per heavy atom. The molecule has 4 aliphatic rings. The number of carbonyl (C=O) groups excluding carboxylic acids is 1. The Balaban J connectivity index is 1.62. The van der Waals surface area contributed by atoms with Crippen molar-refractivity contribution in [3.8, 4) is 0 Å². The van der Waals surface area contributed by atoms with Crippen LogP contribution in [0.25, 0.3) is 0 Å². The molecule has 0 aromatic rings. The minimum absolute atomic E-state index is 0.0246. The van der Waals surface area contributed by atoms with E-state index >= 15 is 0 Å². The van der Waals surface area contributed by atoms with E-state index in [-0.39, 0.29) is 41.8 Å². The van der Waals surface area contributed by atoms with Gasteiger partial charge in [0.25, 0.3) is 0 Å². The van der Waals surface area contributed by atoms with Crippen molar-refractivity contribution >= 4 is 17.4 Å². The van der Waals surface area contributed by atoms with Gasteiger partial charge in [-0.2, -0.15) is 22.0 Å². The van der Waals surface area contributed by atoms with Gasteiger partial charge in [-0.25, -0.2) is 0 Å². The summed E-state index contributed by atoms with van der Waals surface area (Å²) in [5.74, 6) is -4.52. The summed E-state index contributed by atoms with van der Waals surface area (Å²) in [6.45, 7) is 3.66. The van der Waals surface area contributed by atoms with Gasteiger partial charge in [-0.1, -0.05) is 51.5 Å². The summed E-state index contributed by atoms with van der Waals surface area (Å²) in [5, 5.41) is 11.2. The minimum atomic E-state index is -5.79. The molecule has 0 heterocycles. The molecule has 0 spiro atoms. The molecule has 4 rings (SSSR count). The number of fused-ring (bicyclic) bond motifs is 5. The van der Waals surface area contributed by atoms with Crippen LogP contribution in [0.3, 0.4) is 0 Å². The molecule has 0 aromatic carbocycles. The van der Waals surface area contributed by atoms with E-state index in [0.717, 1.165) is 50.5 Å². The normalized spacial score (nSPS) is 40.1. The molecule has 2 nitrogen and oxygen atoms in total. The molecule has 0 saturated heterocycles. The second-order valence-electron chi connectivity index (χ2n) is 12.8. The zero-order chi connectivity index (χ0) is 27.3. The number of aliphatic hydroxyl groups is 1. The molecule has 0 amide bonds. The first-order valence-corrected chi connectivity index (χ1v) is 14.7. The molecule has 2 unspecified atom stereocenters. The van der Waals surface area contributed by atoms with Crippen molar-refractivity contribution in [3.05, 3.63) is 11.6 Å². The summed E-state index contributed by atoms with van der Waals surface area (Å²) in [6, 6.07) is 0. The molecule has 0 aromatic heterocycles. The van der Waals surface area contributed by atoms with Crippen LogP contribution in [0.5, 0.6) is 0 Å². The Kier molecular flexibility index (Phi) is 8.21. The van der Waals surface area contributed by atoms with Crippen molar-refractivity contribution in [2.45, 2.75) is 121 Å². The van der Waals surface area contributed by atoms with Crippen LogP contribution in [0.4, 0.5) is 22.0 Å². The lowest BCUT2D eigenvalue weighted by Gasteiger charge is -2.62. The summed E-state index contributed by atoms with van der Waals surface area (Å²) in [5.41, 5.74) is -3.68. The third kappa shape index (κ3) is 4.70. The van der Waals surface area contributed by atoms with E-state index in [9.17, 15) is 31.9 Å². The molecule has 4 aliphatic carbocycles. The molecule has 0 bridgehead atoms. The van der Waals surface area contributed by atoms with Crippen LogP contribution in [-0.4, -0.2) is 34.5 Å². The van der Waals surface area contributed by atoms with Crippen molar-refractivity contribution < 1.29 is 31.9 Å². The number of halogens is 6. The number of hydrogen-bond donors (Lipinski definition) is 1. The SMILES string of the molecule is C[C@]12CCC(=O)C=C1CC(CCCCCCCCCl)[C@@H]1[C@H]2CC[C@@]2(C)[C@H]1CCC2(O)C(F)(F)C(F)(F)F. The van der Waals surface area contributed by atoms with Gasteiger partial charge in [-0.3, -0.25) is 4.79 Å². The number of carbonyl (C=O) groups is 1. The highest BCUT2D eigenvalue weighted by atomic mass is 35.5. The molecule has 212 valence electrons. The van der Waals surface area contributed by atoms with Gasteiger partial charge in [-0.05, 0) is 86.5 Å². The van der Waals surface area contributed by atoms with Crippen LogP contribution in [0.15, 0.2) is 11.6 Å². The number of alkyl halides is 6. The van der Waals surface area contributed by atoms with Crippen molar-refractivity contribution in [3.63, 3.8) is 0 Å². The lowest BCUT2D eigenvalue weighted by Crippen LogP contribution is -2.66. The Bertz CT molecular complexity index is 888.